The Bertz CT molecular complexity index is 338. The molecular formula is C11H15Br2NOZn. The molecule has 2 nitrogen and oxygen atoms in total. The van der Waals surface area contributed by atoms with Crippen molar-refractivity contribution in [1.82, 2.24) is 4.98 Å². The van der Waals surface area contributed by atoms with Crippen LogP contribution in [-0.2, 0) is 19.9 Å². The third-order valence-corrected chi connectivity index (χ3v) is 10.1. The summed E-state index contributed by atoms with van der Waals surface area (Å²) in [7, 11) is 0. The molecule has 1 aromatic heterocycles. The SMILES string of the molecule is Br.Cc1cc(C2C[CH]([Zn][Br])CCO2)ccn1. The van der Waals surface area contributed by atoms with Crippen LogP contribution >= 0.6 is 30.6 Å². The molecule has 0 bridgehead atoms. The summed E-state index contributed by atoms with van der Waals surface area (Å²) in [6.07, 6.45) is 4.65. The fourth-order valence-electron chi connectivity index (χ4n) is 2.01. The average Bonchev–Trinajstić information content (AvgIpc) is 2.29. The van der Waals surface area contributed by atoms with Crippen LogP contribution in [0, 0.1) is 6.92 Å². The van der Waals surface area contributed by atoms with Crippen molar-refractivity contribution in [3.8, 4) is 0 Å². The Kier molecular flexibility index (Phi) is 6.64. The van der Waals surface area contributed by atoms with Gasteiger partial charge < -0.3 is 0 Å². The summed E-state index contributed by atoms with van der Waals surface area (Å²) in [6.45, 7) is 2.96. The first-order chi connectivity index (χ1) is 7.29. The third-order valence-electron chi connectivity index (χ3n) is 2.90. The van der Waals surface area contributed by atoms with Crippen molar-refractivity contribution < 1.29 is 19.9 Å². The molecule has 0 saturated carbocycles. The van der Waals surface area contributed by atoms with Gasteiger partial charge in [-0.25, -0.2) is 0 Å². The van der Waals surface area contributed by atoms with Gasteiger partial charge in [-0.15, -0.1) is 17.0 Å². The van der Waals surface area contributed by atoms with Crippen molar-refractivity contribution in [1.29, 1.82) is 0 Å². The molecule has 0 aromatic carbocycles. The van der Waals surface area contributed by atoms with Crippen LogP contribution in [-0.4, -0.2) is 11.6 Å². The van der Waals surface area contributed by atoms with E-state index in [-0.39, 0.29) is 17.0 Å². The quantitative estimate of drug-likeness (QED) is 0.698. The first-order valence-electron chi connectivity index (χ1n) is 5.39. The van der Waals surface area contributed by atoms with E-state index < -0.39 is 15.2 Å². The minimum atomic E-state index is -0.461. The monoisotopic (exact) mass is 399 g/mol. The van der Waals surface area contributed by atoms with Gasteiger partial charge in [-0.05, 0) is 0 Å². The summed E-state index contributed by atoms with van der Waals surface area (Å²) in [5, 5.41) is 0. The Morgan fingerprint density at radius 2 is 2.38 bits per heavy atom. The van der Waals surface area contributed by atoms with Crippen LogP contribution in [0.5, 0.6) is 0 Å². The second-order valence-corrected chi connectivity index (χ2v) is 10.6. The molecule has 16 heavy (non-hydrogen) atoms. The van der Waals surface area contributed by atoms with E-state index in [1.807, 2.05) is 13.1 Å². The third kappa shape index (κ3) is 3.87. The maximum atomic E-state index is 5.83. The molecule has 1 saturated heterocycles. The number of ether oxygens (including phenoxy) is 1. The molecular weight excluding hydrogens is 387 g/mol. The van der Waals surface area contributed by atoms with Gasteiger partial charge in [0, 0.05) is 0 Å². The van der Waals surface area contributed by atoms with Crippen LogP contribution in [0.3, 0.4) is 0 Å². The number of rotatable bonds is 2. The van der Waals surface area contributed by atoms with Gasteiger partial charge in [-0.3, -0.25) is 0 Å². The summed E-state index contributed by atoms with van der Waals surface area (Å²) >= 11 is 3.28. The zero-order valence-electron chi connectivity index (χ0n) is 9.36. The summed E-state index contributed by atoms with van der Waals surface area (Å²) in [5.41, 5.74) is 2.38. The van der Waals surface area contributed by atoms with Crippen LogP contribution in [0.2, 0.25) is 4.51 Å². The molecule has 0 N–H and O–H groups in total. The number of nitrogens with zero attached hydrogens (tertiary/aromatic N) is 1. The Morgan fingerprint density at radius 3 is 3.06 bits per heavy atom. The molecule has 1 aliphatic heterocycles. The van der Waals surface area contributed by atoms with E-state index in [4.69, 9.17) is 4.74 Å². The van der Waals surface area contributed by atoms with E-state index in [1.54, 1.807) is 0 Å². The first kappa shape index (κ1) is 14.8. The Balaban J connectivity index is 0.00000128. The standard InChI is InChI=1S/C11H14NO.2BrH.Zn/c1-9-8-10(5-6-12-9)11-4-2-3-7-13-11;;;/h2,5-6,8,11H,3-4,7H2,1H3;2*1H;/q;;;+1/p-1. The summed E-state index contributed by atoms with van der Waals surface area (Å²) in [6, 6.07) is 4.23. The number of halogens is 2. The van der Waals surface area contributed by atoms with E-state index in [1.165, 1.54) is 18.4 Å². The van der Waals surface area contributed by atoms with Crippen molar-refractivity contribution in [2.45, 2.75) is 30.4 Å². The fourth-order valence-corrected chi connectivity index (χ4v) is 6.63. The summed E-state index contributed by atoms with van der Waals surface area (Å²) < 4.78 is 6.77. The Labute approximate surface area is 121 Å². The van der Waals surface area contributed by atoms with E-state index >= 15 is 0 Å². The van der Waals surface area contributed by atoms with Crippen LogP contribution < -0.4 is 0 Å². The van der Waals surface area contributed by atoms with Crippen molar-refractivity contribution in [3.63, 3.8) is 0 Å². The van der Waals surface area contributed by atoms with Gasteiger partial charge in [0.25, 0.3) is 0 Å². The molecule has 1 fully saturated rings. The minimum absolute atomic E-state index is 0. The first-order valence-corrected chi connectivity index (χ1v) is 14.1. The van der Waals surface area contributed by atoms with Gasteiger partial charge in [-0.2, -0.15) is 0 Å². The Hall–Kier alpha value is 0.693. The molecule has 1 aromatic rings. The van der Waals surface area contributed by atoms with Crippen molar-refractivity contribution in [2.24, 2.45) is 0 Å². The summed E-state index contributed by atoms with van der Waals surface area (Å²) in [4.78, 5) is 4.22. The molecule has 5 heteroatoms. The molecule has 2 unspecified atom stereocenters. The van der Waals surface area contributed by atoms with E-state index in [0.717, 1.165) is 16.8 Å². The second kappa shape index (κ2) is 7.20. The maximum absolute atomic E-state index is 5.83. The van der Waals surface area contributed by atoms with Crippen molar-refractivity contribution >= 4 is 30.6 Å². The normalized spacial score (nSPS) is 24.4. The molecule has 0 radical (unpaired) electrons. The van der Waals surface area contributed by atoms with Gasteiger partial charge in [0.1, 0.15) is 0 Å². The van der Waals surface area contributed by atoms with E-state index in [2.05, 4.69) is 30.7 Å². The van der Waals surface area contributed by atoms with Gasteiger partial charge in [0.15, 0.2) is 0 Å². The molecule has 0 spiro atoms. The average molecular weight is 402 g/mol. The molecule has 2 rings (SSSR count). The number of hydrogen-bond acceptors (Lipinski definition) is 2. The topological polar surface area (TPSA) is 22.1 Å². The number of aryl methyl sites for hydroxylation is 1. The van der Waals surface area contributed by atoms with E-state index in [0.29, 0.717) is 6.10 Å². The molecule has 1 aliphatic rings. The van der Waals surface area contributed by atoms with Crippen LogP contribution in [0.15, 0.2) is 18.3 Å². The zero-order valence-corrected chi connectivity index (χ0v) is 15.6. The van der Waals surface area contributed by atoms with Crippen molar-refractivity contribution in [2.75, 3.05) is 6.61 Å². The van der Waals surface area contributed by atoms with Gasteiger partial charge in [-0.1, -0.05) is 0 Å². The van der Waals surface area contributed by atoms with Gasteiger partial charge in [0.05, 0.1) is 0 Å². The second-order valence-electron chi connectivity index (χ2n) is 4.13. The predicted octanol–water partition coefficient (Wildman–Crippen LogP) is 4.00. The van der Waals surface area contributed by atoms with Gasteiger partial charge >= 0.3 is 105 Å². The number of pyridine rings is 1. The number of aromatic nitrogens is 1. The van der Waals surface area contributed by atoms with Crippen LogP contribution in [0.25, 0.3) is 0 Å². The zero-order chi connectivity index (χ0) is 10.7. The molecule has 0 amide bonds. The van der Waals surface area contributed by atoms with Gasteiger partial charge in [0.2, 0.25) is 0 Å². The number of hydrogen-bond donors (Lipinski definition) is 0. The molecule has 2 atom stereocenters. The summed E-state index contributed by atoms with van der Waals surface area (Å²) in [5.74, 6) is 0. The molecule has 86 valence electrons. The Morgan fingerprint density at radius 1 is 1.56 bits per heavy atom. The molecule has 0 aliphatic carbocycles. The predicted molar refractivity (Wildman–Crippen MR) is 69.9 cm³/mol. The van der Waals surface area contributed by atoms with Crippen LogP contribution in [0.1, 0.15) is 30.2 Å². The van der Waals surface area contributed by atoms with Crippen LogP contribution in [0.4, 0.5) is 0 Å². The fraction of sp³-hybridized carbons (Fsp3) is 0.545. The molecule has 2 heterocycles. The van der Waals surface area contributed by atoms with E-state index in [9.17, 15) is 0 Å². The van der Waals surface area contributed by atoms with Crippen molar-refractivity contribution in [3.05, 3.63) is 29.6 Å².